The highest BCUT2D eigenvalue weighted by Gasteiger charge is 2.14. The van der Waals surface area contributed by atoms with Crippen LogP contribution in [0.2, 0.25) is 0 Å². The molecule has 4 nitrogen and oxygen atoms in total. The van der Waals surface area contributed by atoms with Crippen LogP contribution in [0.15, 0.2) is 22.7 Å². The van der Waals surface area contributed by atoms with E-state index in [1.807, 2.05) is 12.1 Å². The maximum absolute atomic E-state index is 11.5. The van der Waals surface area contributed by atoms with Crippen molar-refractivity contribution in [2.75, 3.05) is 11.9 Å². The van der Waals surface area contributed by atoms with Crippen molar-refractivity contribution in [2.24, 2.45) is 0 Å². The monoisotopic (exact) mass is 312 g/mol. The number of rotatable bonds is 3. The van der Waals surface area contributed by atoms with Crippen molar-refractivity contribution >= 4 is 33.4 Å². The molecule has 0 aliphatic carbocycles. The third kappa shape index (κ3) is 3.84. The van der Waals surface area contributed by atoms with E-state index in [0.29, 0.717) is 18.2 Å². The van der Waals surface area contributed by atoms with E-state index >= 15 is 0 Å². The van der Waals surface area contributed by atoms with Gasteiger partial charge in [0.15, 0.2) is 0 Å². The molecule has 0 heterocycles. The second-order valence-electron chi connectivity index (χ2n) is 4.21. The van der Waals surface area contributed by atoms with Crippen LogP contribution in [0.5, 0.6) is 0 Å². The number of benzene rings is 1. The van der Waals surface area contributed by atoms with Crippen molar-refractivity contribution < 1.29 is 9.59 Å². The molecule has 0 aromatic heterocycles. The SMILES string of the molecule is CCNC(=O)C(=O)Nc1ccc(C(C)C)cc1Br. The molecular formula is C13H17BrN2O2. The van der Waals surface area contributed by atoms with Crippen LogP contribution in [0.25, 0.3) is 0 Å². The predicted molar refractivity (Wildman–Crippen MR) is 75.5 cm³/mol. The molecule has 0 atom stereocenters. The Kier molecular flexibility index (Phi) is 5.34. The van der Waals surface area contributed by atoms with E-state index in [4.69, 9.17) is 0 Å². The lowest BCUT2D eigenvalue weighted by molar-refractivity contribution is -0.136. The number of carbonyl (C=O) groups excluding carboxylic acids is 2. The van der Waals surface area contributed by atoms with Crippen LogP contribution in [-0.4, -0.2) is 18.4 Å². The van der Waals surface area contributed by atoms with Crippen LogP contribution < -0.4 is 10.6 Å². The Morgan fingerprint density at radius 2 is 1.94 bits per heavy atom. The number of amides is 2. The summed E-state index contributed by atoms with van der Waals surface area (Å²) in [6.45, 7) is 6.38. The van der Waals surface area contributed by atoms with Gasteiger partial charge in [0.05, 0.1) is 5.69 Å². The Bertz CT molecular complexity index is 458. The summed E-state index contributed by atoms with van der Waals surface area (Å²) >= 11 is 3.39. The third-order valence-corrected chi connectivity index (χ3v) is 3.11. The fourth-order valence-corrected chi connectivity index (χ4v) is 1.91. The fourth-order valence-electron chi connectivity index (χ4n) is 1.41. The van der Waals surface area contributed by atoms with Crippen molar-refractivity contribution in [3.05, 3.63) is 28.2 Å². The molecule has 0 fully saturated rings. The molecule has 98 valence electrons. The lowest BCUT2D eigenvalue weighted by Gasteiger charge is -2.10. The quantitative estimate of drug-likeness (QED) is 0.843. The van der Waals surface area contributed by atoms with Crippen LogP contribution in [-0.2, 0) is 9.59 Å². The smallest absolute Gasteiger partial charge is 0.313 e. The maximum Gasteiger partial charge on any atom is 0.313 e. The minimum absolute atomic E-state index is 0.412. The molecule has 1 aromatic carbocycles. The molecule has 1 aromatic rings. The Morgan fingerprint density at radius 1 is 1.28 bits per heavy atom. The van der Waals surface area contributed by atoms with Gasteiger partial charge >= 0.3 is 11.8 Å². The summed E-state index contributed by atoms with van der Waals surface area (Å²) in [5.74, 6) is -0.873. The van der Waals surface area contributed by atoms with Gasteiger partial charge in [0.2, 0.25) is 0 Å². The van der Waals surface area contributed by atoms with Gasteiger partial charge in [-0.25, -0.2) is 0 Å². The first-order chi connectivity index (χ1) is 8.45. The Labute approximate surface area is 115 Å². The molecule has 0 saturated heterocycles. The minimum atomic E-state index is -0.658. The zero-order valence-corrected chi connectivity index (χ0v) is 12.3. The highest BCUT2D eigenvalue weighted by Crippen LogP contribution is 2.26. The Balaban J connectivity index is 2.80. The van der Waals surface area contributed by atoms with Gasteiger partial charge in [0.25, 0.3) is 0 Å². The third-order valence-electron chi connectivity index (χ3n) is 2.45. The Hall–Kier alpha value is -1.36. The fraction of sp³-hybridized carbons (Fsp3) is 0.385. The Morgan fingerprint density at radius 3 is 2.44 bits per heavy atom. The first kappa shape index (κ1) is 14.7. The largest absolute Gasteiger partial charge is 0.348 e. The van der Waals surface area contributed by atoms with Crippen molar-refractivity contribution in [1.82, 2.24) is 5.32 Å². The summed E-state index contributed by atoms with van der Waals surface area (Å²) in [4.78, 5) is 22.8. The van der Waals surface area contributed by atoms with Crippen LogP contribution in [0, 0.1) is 0 Å². The van der Waals surface area contributed by atoms with Crippen molar-refractivity contribution in [1.29, 1.82) is 0 Å². The second kappa shape index (κ2) is 6.54. The molecule has 1 rings (SSSR count). The number of halogens is 1. The average molecular weight is 313 g/mol. The maximum atomic E-state index is 11.5. The average Bonchev–Trinajstić information content (AvgIpc) is 2.31. The van der Waals surface area contributed by atoms with Gasteiger partial charge in [-0.2, -0.15) is 0 Å². The van der Waals surface area contributed by atoms with E-state index in [0.717, 1.165) is 10.0 Å². The van der Waals surface area contributed by atoms with Crippen molar-refractivity contribution in [3.63, 3.8) is 0 Å². The number of hydrogen-bond donors (Lipinski definition) is 2. The zero-order chi connectivity index (χ0) is 13.7. The lowest BCUT2D eigenvalue weighted by atomic mass is 10.0. The summed E-state index contributed by atoms with van der Waals surface area (Å²) < 4.78 is 0.770. The predicted octanol–water partition coefficient (Wildman–Crippen LogP) is 2.65. The molecule has 0 bridgehead atoms. The summed E-state index contributed by atoms with van der Waals surface area (Å²) in [5, 5.41) is 5.01. The standard InChI is InChI=1S/C13H17BrN2O2/c1-4-15-12(17)13(18)16-11-6-5-9(8(2)3)7-10(11)14/h5-8H,4H2,1-3H3,(H,15,17)(H,16,18). The summed E-state index contributed by atoms with van der Waals surface area (Å²) in [6, 6.07) is 5.66. The molecule has 0 spiro atoms. The molecule has 0 saturated carbocycles. The number of likely N-dealkylation sites (N-methyl/N-ethyl adjacent to an activating group) is 1. The summed E-state index contributed by atoms with van der Waals surface area (Å²) in [5.41, 5.74) is 1.76. The van der Waals surface area contributed by atoms with Gasteiger partial charge in [0.1, 0.15) is 0 Å². The molecule has 2 amide bonds. The molecule has 18 heavy (non-hydrogen) atoms. The normalized spacial score (nSPS) is 10.3. The second-order valence-corrected chi connectivity index (χ2v) is 5.06. The highest BCUT2D eigenvalue weighted by molar-refractivity contribution is 9.10. The number of hydrogen-bond acceptors (Lipinski definition) is 2. The van der Waals surface area contributed by atoms with Crippen LogP contribution in [0.4, 0.5) is 5.69 Å². The zero-order valence-electron chi connectivity index (χ0n) is 10.7. The molecule has 0 aliphatic rings. The van der Waals surface area contributed by atoms with E-state index in [1.54, 1.807) is 13.0 Å². The van der Waals surface area contributed by atoms with Gasteiger partial charge in [-0.3, -0.25) is 9.59 Å². The lowest BCUT2D eigenvalue weighted by Crippen LogP contribution is -2.35. The number of nitrogens with one attached hydrogen (secondary N) is 2. The van der Waals surface area contributed by atoms with Gasteiger partial charge in [-0.15, -0.1) is 0 Å². The summed E-state index contributed by atoms with van der Waals surface area (Å²) in [7, 11) is 0. The van der Waals surface area contributed by atoms with E-state index in [1.165, 1.54) is 0 Å². The van der Waals surface area contributed by atoms with E-state index < -0.39 is 11.8 Å². The molecule has 0 radical (unpaired) electrons. The van der Waals surface area contributed by atoms with Crippen LogP contribution >= 0.6 is 15.9 Å². The van der Waals surface area contributed by atoms with Crippen LogP contribution in [0.1, 0.15) is 32.3 Å². The van der Waals surface area contributed by atoms with Gasteiger partial charge in [-0.1, -0.05) is 19.9 Å². The minimum Gasteiger partial charge on any atom is -0.348 e. The van der Waals surface area contributed by atoms with Crippen molar-refractivity contribution in [3.8, 4) is 0 Å². The number of carbonyl (C=O) groups is 2. The highest BCUT2D eigenvalue weighted by atomic mass is 79.9. The van der Waals surface area contributed by atoms with Crippen molar-refractivity contribution in [2.45, 2.75) is 26.7 Å². The van der Waals surface area contributed by atoms with E-state index in [-0.39, 0.29) is 0 Å². The van der Waals surface area contributed by atoms with E-state index in [2.05, 4.69) is 40.4 Å². The molecule has 0 unspecified atom stereocenters. The molecule has 2 N–H and O–H groups in total. The topological polar surface area (TPSA) is 58.2 Å². The van der Waals surface area contributed by atoms with E-state index in [9.17, 15) is 9.59 Å². The first-order valence-corrected chi connectivity index (χ1v) is 6.63. The van der Waals surface area contributed by atoms with Gasteiger partial charge in [-0.05, 0) is 46.5 Å². The van der Waals surface area contributed by atoms with Gasteiger partial charge < -0.3 is 10.6 Å². The number of anilines is 1. The van der Waals surface area contributed by atoms with Gasteiger partial charge in [0, 0.05) is 11.0 Å². The molecule has 5 heteroatoms. The first-order valence-electron chi connectivity index (χ1n) is 5.84. The van der Waals surface area contributed by atoms with Crippen LogP contribution in [0.3, 0.4) is 0 Å². The molecular weight excluding hydrogens is 296 g/mol. The molecule has 0 aliphatic heterocycles. The summed E-state index contributed by atoms with van der Waals surface area (Å²) in [6.07, 6.45) is 0.